The summed E-state index contributed by atoms with van der Waals surface area (Å²) in [5.74, 6) is 0.656. The minimum atomic E-state index is 0.437. The van der Waals surface area contributed by atoms with Gasteiger partial charge in [-0.1, -0.05) is 29.8 Å². The lowest BCUT2D eigenvalue weighted by Crippen LogP contribution is -2.19. The number of halogens is 1. The Morgan fingerprint density at radius 2 is 2.05 bits per heavy atom. The molecule has 1 aromatic carbocycles. The van der Waals surface area contributed by atoms with Crippen LogP contribution in [0.1, 0.15) is 0 Å². The van der Waals surface area contributed by atoms with Crippen LogP contribution in [0, 0.1) is 0 Å². The number of anilines is 2. The highest BCUT2D eigenvalue weighted by Crippen LogP contribution is 2.25. The second-order valence-electron chi connectivity index (χ2n) is 4.20. The third-order valence-corrected chi connectivity index (χ3v) is 4.17. The molecule has 0 amide bonds. The number of para-hydroxylation sites is 1. The van der Waals surface area contributed by atoms with Gasteiger partial charge in [0.15, 0.2) is 10.9 Å². The van der Waals surface area contributed by atoms with Crippen molar-refractivity contribution < 1.29 is 0 Å². The predicted octanol–water partition coefficient (Wildman–Crippen LogP) is 4.60. The lowest BCUT2D eigenvalue weighted by atomic mass is 10.3. The van der Waals surface area contributed by atoms with Gasteiger partial charge in [-0.15, -0.1) is 11.3 Å². The Labute approximate surface area is 136 Å². The largest absolute Gasteiger partial charge is 0.331 e. The number of H-pyrrole nitrogens is 1. The van der Waals surface area contributed by atoms with Crippen LogP contribution in [0.3, 0.4) is 0 Å². The molecule has 0 bridgehead atoms. The number of nitrogens with one attached hydrogen (secondary N) is 3. The van der Waals surface area contributed by atoms with Crippen LogP contribution in [0.4, 0.5) is 11.5 Å². The molecule has 3 aromatic rings. The van der Waals surface area contributed by atoms with Gasteiger partial charge in [0, 0.05) is 6.07 Å². The topological polar surface area (TPSA) is 52.7 Å². The molecule has 0 aliphatic rings. The third-order valence-electron chi connectivity index (χ3n) is 2.73. The highest BCUT2D eigenvalue weighted by molar-refractivity contribution is 7.80. The van der Waals surface area contributed by atoms with Gasteiger partial charge in [0.25, 0.3) is 0 Å². The van der Waals surface area contributed by atoms with Crippen LogP contribution in [0.15, 0.2) is 47.8 Å². The van der Waals surface area contributed by atoms with Crippen molar-refractivity contribution in [1.29, 1.82) is 0 Å². The summed E-state index contributed by atoms with van der Waals surface area (Å²) in [7, 11) is 0. The van der Waals surface area contributed by atoms with Gasteiger partial charge in [-0.3, -0.25) is 5.10 Å². The molecule has 2 aromatic heterocycles. The summed E-state index contributed by atoms with van der Waals surface area (Å²) in [6.45, 7) is 0. The lowest BCUT2D eigenvalue weighted by Gasteiger charge is -2.09. The van der Waals surface area contributed by atoms with Crippen molar-refractivity contribution in [3.8, 4) is 10.6 Å². The number of rotatable bonds is 3. The van der Waals surface area contributed by atoms with E-state index in [2.05, 4.69) is 20.8 Å². The van der Waals surface area contributed by atoms with E-state index in [-0.39, 0.29) is 0 Å². The van der Waals surface area contributed by atoms with Crippen molar-refractivity contribution in [2.24, 2.45) is 0 Å². The summed E-state index contributed by atoms with van der Waals surface area (Å²) in [6.07, 6.45) is 0. The molecule has 0 aliphatic heterocycles. The number of nitrogens with zero attached hydrogens (tertiary/aromatic N) is 1. The summed E-state index contributed by atoms with van der Waals surface area (Å²) in [4.78, 5) is 1.13. The van der Waals surface area contributed by atoms with Gasteiger partial charge in [-0.2, -0.15) is 5.10 Å². The maximum Gasteiger partial charge on any atom is 0.176 e. The number of thiocarbonyl (C=S) groups is 1. The van der Waals surface area contributed by atoms with Crippen LogP contribution in [0.5, 0.6) is 0 Å². The normalized spacial score (nSPS) is 10.3. The summed E-state index contributed by atoms with van der Waals surface area (Å²) >= 11 is 13.0. The molecular weight excluding hydrogens is 324 g/mol. The molecule has 0 aliphatic carbocycles. The summed E-state index contributed by atoms with van der Waals surface area (Å²) in [5, 5.41) is 16.3. The Kier molecular flexibility index (Phi) is 4.19. The standard InChI is InChI=1S/C14H11ClN4S2/c15-9-4-1-2-5-10(9)16-14(20)17-13-8-11(18-19-13)12-6-3-7-21-12/h1-8H,(H3,16,17,18,19,20). The average molecular weight is 335 g/mol. The zero-order valence-electron chi connectivity index (χ0n) is 10.8. The van der Waals surface area contributed by atoms with Crippen LogP contribution in [-0.2, 0) is 0 Å². The zero-order valence-corrected chi connectivity index (χ0v) is 13.1. The molecule has 3 rings (SSSR count). The smallest absolute Gasteiger partial charge is 0.176 e. The number of aromatic amines is 1. The van der Waals surface area contributed by atoms with Crippen molar-refractivity contribution in [3.05, 3.63) is 52.9 Å². The molecule has 0 spiro atoms. The number of aromatic nitrogens is 2. The van der Waals surface area contributed by atoms with Crippen molar-refractivity contribution in [2.75, 3.05) is 10.6 Å². The third kappa shape index (κ3) is 3.41. The molecule has 0 saturated carbocycles. The van der Waals surface area contributed by atoms with E-state index in [1.807, 2.05) is 41.8 Å². The Morgan fingerprint density at radius 3 is 2.81 bits per heavy atom. The van der Waals surface area contributed by atoms with Gasteiger partial charge in [-0.25, -0.2) is 0 Å². The van der Waals surface area contributed by atoms with Gasteiger partial charge in [-0.05, 0) is 35.8 Å². The fraction of sp³-hybridized carbons (Fsp3) is 0. The molecule has 106 valence electrons. The Hall–Kier alpha value is -1.89. The first-order valence-corrected chi connectivity index (χ1v) is 7.81. The van der Waals surface area contributed by atoms with E-state index < -0.39 is 0 Å². The van der Waals surface area contributed by atoms with Crippen LogP contribution >= 0.6 is 35.2 Å². The van der Waals surface area contributed by atoms with E-state index in [1.165, 1.54) is 0 Å². The Balaban J connectivity index is 1.67. The number of benzene rings is 1. The van der Waals surface area contributed by atoms with Gasteiger partial charge in [0.1, 0.15) is 0 Å². The Morgan fingerprint density at radius 1 is 1.19 bits per heavy atom. The quantitative estimate of drug-likeness (QED) is 0.613. The molecule has 0 saturated heterocycles. The van der Waals surface area contributed by atoms with Crippen LogP contribution in [-0.4, -0.2) is 15.3 Å². The molecule has 21 heavy (non-hydrogen) atoms. The lowest BCUT2D eigenvalue weighted by molar-refractivity contribution is 1.10. The van der Waals surface area contributed by atoms with Crippen LogP contribution in [0.2, 0.25) is 5.02 Å². The molecule has 0 unspecified atom stereocenters. The number of hydrogen-bond acceptors (Lipinski definition) is 3. The van der Waals surface area contributed by atoms with Crippen molar-refractivity contribution >= 4 is 51.8 Å². The van der Waals surface area contributed by atoms with Crippen molar-refractivity contribution in [3.63, 3.8) is 0 Å². The van der Waals surface area contributed by atoms with E-state index >= 15 is 0 Å². The first kappa shape index (κ1) is 14.1. The fourth-order valence-corrected chi connectivity index (χ4v) is 2.87. The minimum Gasteiger partial charge on any atom is -0.331 e. The SMILES string of the molecule is S=C(Nc1cc(-c2cccs2)[nH]n1)Nc1ccccc1Cl. The molecule has 4 nitrogen and oxygen atoms in total. The highest BCUT2D eigenvalue weighted by atomic mass is 35.5. The van der Waals surface area contributed by atoms with Crippen molar-refractivity contribution in [2.45, 2.75) is 0 Å². The van der Waals surface area contributed by atoms with E-state index in [1.54, 1.807) is 17.4 Å². The fourth-order valence-electron chi connectivity index (χ4n) is 1.78. The monoisotopic (exact) mass is 334 g/mol. The average Bonchev–Trinajstić information content (AvgIpc) is 3.12. The first-order valence-electron chi connectivity index (χ1n) is 6.14. The zero-order chi connectivity index (χ0) is 14.7. The van der Waals surface area contributed by atoms with Gasteiger partial charge >= 0.3 is 0 Å². The van der Waals surface area contributed by atoms with Gasteiger partial charge < -0.3 is 10.6 Å². The van der Waals surface area contributed by atoms with Gasteiger partial charge in [0.2, 0.25) is 0 Å². The second kappa shape index (κ2) is 6.26. The Bertz CT molecular complexity index is 752. The number of hydrogen-bond donors (Lipinski definition) is 3. The second-order valence-corrected chi connectivity index (χ2v) is 5.97. The first-order chi connectivity index (χ1) is 10.2. The summed E-state index contributed by atoms with van der Waals surface area (Å²) in [5.41, 5.74) is 1.71. The maximum atomic E-state index is 6.07. The molecule has 2 heterocycles. The van der Waals surface area contributed by atoms with E-state index in [9.17, 15) is 0 Å². The van der Waals surface area contributed by atoms with Crippen LogP contribution < -0.4 is 10.6 Å². The van der Waals surface area contributed by atoms with E-state index in [0.717, 1.165) is 16.3 Å². The molecule has 0 radical (unpaired) electrons. The molecule has 3 N–H and O–H groups in total. The summed E-state index contributed by atoms with van der Waals surface area (Å²) < 4.78 is 0. The maximum absolute atomic E-state index is 6.07. The molecular formula is C14H11ClN4S2. The number of thiophene rings is 1. The summed E-state index contributed by atoms with van der Waals surface area (Å²) in [6, 6.07) is 13.4. The highest BCUT2D eigenvalue weighted by Gasteiger charge is 2.07. The van der Waals surface area contributed by atoms with Crippen molar-refractivity contribution in [1.82, 2.24) is 10.2 Å². The molecule has 0 fully saturated rings. The molecule has 0 atom stereocenters. The van der Waals surface area contributed by atoms with E-state index in [0.29, 0.717) is 16.0 Å². The van der Waals surface area contributed by atoms with Crippen LogP contribution in [0.25, 0.3) is 10.6 Å². The molecule has 7 heteroatoms. The predicted molar refractivity (Wildman–Crippen MR) is 93.2 cm³/mol. The van der Waals surface area contributed by atoms with Gasteiger partial charge in [0.05, 0.1) is 21.3 Å². The van der Waals surface area contributed by atoms with E-state index in [4.69, 9.17) is 23.8 Å². The minimum absolute atomic E-state index is 0.437.